The van der Waals surface area contributed by atoms with Crippen LogP contribution in [0.5, 0.6) is 11.5 Å². The first-order valence-corrected chi connectivity index (χ1v) is 13.2. The fourth-order valence-corrected chi connectivity index (χ4v) is 4.04. The number of aromatic nitrogens is 3. The number of ether oxygens (including phenoxy) is 2. The predicted molar refractivity (Wildman–Crippen MR) is 164 cm³/mol. The first-order chi connectivity index (χ1) is 20.4. The normalized spacial score (nSPS) is 10.1. The summed E-state index contributed by atoms with van der Waals surface area (Å²) in [6, 6.07) is 25.2. The van der Waals surface area contributed by atoms with Gasteiger partial charge in [-0.05, 0) is 78.7 Å². The van der Waals surface area contributed by atoms with Crippen LogP contribution in [0.4, 0.5) is 17.3 Å². The van der Waals surface area contributed by atoms with E-state index in [2.05, 4.69) is 25.6 Å². The average molecular weight is 582 g/mol. The van der Waals surface area contributed by atoms with Crippen molar-refractivity contribution in [1.82, 2.24) is 15.0 Å². The quantitative estimate of drug-likeness (QED) is 0.190. The second-order valence-corrected chi connectivity index (χ2v) is 9.13. The molecule has 10 heteroatoms. The highest BCUT2D eigenvalue weighted by molar-refractivity contribution is 6.68. The molecular formula is C32H28ClN5O4. The van der Waals surface area contributed by atoms with Gasteiger partial charge in [-0.3, -0.25) is 14.6 Å². The zero-order valence-corrected chi connectivity index (χ0v) is 23.9. The fourth-order valence-electron chi connectivity index (χ4n) is 3.89. The van der Waals surface area contributed by atoms with Crippen LogP contribution >= 0.6 is 11.6 Å². The molecule has 5 rings (SSSR count). The maximum atomic E-state index is 12.7. The molecule has 0 aliphatic rings. The van der Waals surface area contributed by atoms with E-state index in [1.165, 1.54) is 7.11 Å². The molecule has 9 nitrogen and oxygen atoms in total. The van der Waals surface area contributed by atoms with Gasteiger partial charge in [-0.2, -0.15) is 0 Å². The van der Waals surface area contributed by atoms with Gasteiger partial charge in [0, 0.05) is 35.5 Å². The van der Waals surface area contributed by atoms with Gasteiger partial charge in [0.15, 0.2) is 0 Å². The van der Waals surface area contributed by atoms with Crippen LogP contribution in [0.1, 0.15) is 26.3 Å². The van der Waals surface area contributed by atoms with E-state index in [1.807, 2.05) is 49.4 Å². The van der Waals surface area contributed by atoms with Crippen LogP contribution in [0.3, 0.4) is 0 Å². The smallest absolute Gasteiger partial charge is 0.259 e. The molecule has 1 amide bonds. The Morgan fingerprint density at radius 3 is 2.14 bits per heavy atom. The number of nitrogens with zero attached hydrogens (tertiary/aromatic N) is 3. The number of hydrogen-bond donors (Lipinski definition) is 2. The third-order valence-electron chi connectivity index (χ3n) is 6.03. The van der Waals surface area contributed by atoms with E-state index in [4.69, 9.17) is 21.1 Å². The van der Waals surface area contributed by atoms with Crippen LogP contribution in [-0.2, 0) is 0 Å². The van der Waals surface area contributed by atoms with Gasteiger partial charge in [0.1, 0.15) is 11.5 Å². The zero-order valence-electron chi connectivity index (χ0n) is 23.2. The van der Waals surface area contributed by atoms with Gasteiger partial charge in [-0.25, -0.2) is 9.97 Å². The summed E-state index contributed by atoms with van der Waals surface area (Å²) in [4.78, 5) is 36.4. The molecule has 0 radical (unpaired) electrons. The Morgan fingerprint density at radius 2 is 1.50 bits per heavy atom. The SMILES string of the molecule is COc1ccccc1C(=O)Cl.COc1ccccc1C(=O)Nc1ccc(C)c(Nc2nccc(-c3cccnc3)n2)c1. The zero-order chi connectivity index (χ0) is 29.9. The van der Waals surface area contributed by atoms with Crippen molar-refractivity contribution in [3.8, 4) is 22.8 Å². The Balaban J connectivity index is 0.000000310. The van der Waals surface area contributed by atoms with E-state index in [0.717, 1.165) is 22.5 Å². The topological polar surface area (TPSA) is 115 Å². The van der Waals surface area contributed by atoms with Crippen molar-refractivity contribution >= 4 is 40.1 Å². The van der Waals surface area contributed by atoms with Gasteiger partial charge in [0.25, 0.3) is 11.1 Å². The third kappa shape index (κ3) is 7.67. The molecule has 5 aromatic rings. The van der Waals surface area contributed by atoms with Crippen LogP contribution in [0.25, 0.3) is 11.3 Å². The summed E-state index contributed by atoms with van der Waals surface area (Å²) in [5.74, 6) is 1.23. The number of hydrogen-bond acceptors (Lipinski definition) is 8. The lowest BCUT2D eigenvalue weighted by Gasteiger charge is -2.13. The summed E-state index contributed by atoms with van der Waals surface area (Å²) >= 11 is 5.27. The highest BCUT2D eigenvalue weighted by Gasteiger charge is 2.13. The minimum atomic E-state index is -0.498. The van der Waals surface area contributed by atoms with Crippen LogP contribution in [0, 0.1) is 6.92 Å². The molecule has 0 spiro atoms. The van der Waals surface area contributed by atoms with Crippen LogP contribution in [0.15, 0.2) is 104 Å². The maximum Gasteiger partial charge on any atom is 0.259 e. The van der Waals surface area contributed by atoms with Crippen molar-refractivity contribution in [1.29, 1.82) is 0 Å². The number of amides is 1. The lowest BCUT2D eigenvalue weighted by Crippen LogP contribution is -2.13. The van der Waals surface area contributed by atoms with E-state index in [0.29, 0.717) is 34.3 Å². The summed E-state index contributed by atoms with van der Waals surface area (Å²) < 4.78 is 10.2. The van der Waals surface area contributed by atoms with E-state index in [9.17, 15) is 9.59 Å². The number of para-hydroxylation sites is 2. The molecule has 0 aliphatic carbocycles. The van der Waals surface area contributed by atoms with Crippen LogP contribution in [-0.4, -0.2) is 40.3 Å². The molecule has 0 fully saturated rings. The Bertz CT molecular complexity index is 1680. The van der Waals surface area contributed by atoms with Gasteiger partial charge in [-0.1, -0.05) is 30.3 Å². The second kappa shape index (κ2) is 14.4. The molecule has 0 aliphatic heterocycles. The van der Waals surface area contributed by atoms with Crippen molar-refractivity contribution in [2.24, 2.45) is 0 Å². The number of carbonyl (C=O) groups is 2. The largest absolute Gasteiger partial charge is 0.496 e. The Morgan fingerprint density at radius 1 is 0.810 bits per heavy atom. The minimum Gasteiger partial charge on any atom is -0.496 e. The molecule has 0 saturated heterocycles. The summed E-state index contributed by atoms with van der Waals surface area (Å²) in [7, 11) is 3.04. The summed E-state index contributed by atoms with van der Waals surface area (Å²) in [5, 5.41) is 5.66. The molecule has 2 aromatic heterocycles. The van der Waals surface area contributed by atoms with Gasteiger partial charge < -0.3 is 20.1 Å². The average Bonchev–Trinajstić information content (AvgIpc) is 3.03. The molecule has 2 heterocycles. The lowest BCUT2D eigenvalue weighted by atomic mass is 10.1. The number of nitrogens with one attached hydrogen (secondary N) is 2. The molecule has 0 atom stereocenters. The number of pyridine rings is 1. The maximum absolute atomic E-state index is 12.7. The van der Waals surface area contributed by atoms with Gasteiger partial charge in [-0.15, -0.1) is 0 Å². The van der Waals surface area contributed by atoms with Gasteiger partial charge in [0.05, 0.1) is 31.0 Å². The van der Waals surface area contributed by atoms with Gasteiger partial charge >= 0.3 is 0 Å². The molecule has 42 heavy (non-hydrogen) atoms. The molecule has 0 saturated carbocycles. The van der Waals surface area contributed by atoms with Crippen molar-refractivity contribution in [2.75, 3.05) is 24.9 Å². The van der Waals surface area contributed by atoms with E-state index in [-0.39, 0.29) is 5.91 Å². The number of carbonyl (C=O) groups excluding carboxylic acids is 2. The number of aryl methyl sites for hydroxylation is 1. The second-order valence-electron chi connectivity index (χ2n) is 8.79. The molecule has 212 valence electrons. The summed E-state index contributed by atoms with van der Waals surface area (Å²) in [6.45, 7) is 1.97. The van der Waals surface area contributed by atoms with Crippen molar-refractivity contribution in [3.05, 3.63) is 120 Å². The Labute approximate surface area is 248 Å². The molecular weight excluding hydrogens is 554 g/mol. The summed E-state index contributed by atoms with van der Waals surface area (Å²) in [6.07, 6.45) is 5.17. The minimum absolute atomic E-state index is 0.248. The number of methoxy groups -OCH3 is 2. The van der Waals surface area contributed by atoms with E-state index < -0.39 is 5.24 Å². The molecule has 0 unspecified atom stereocenters. The number of rotatable bonds is 8. The van der Waals surface area contributed by atoms with Crippen LogP contribution in [0.2, 0.25) is 0 Å². The standard InChI is InChI=1S/C24H21N5O2.C8H7ClO2/c1-16-9-10-18(27-23(30)19-7-3-4-8-22(19)31-2)14-21(16)29-24-26-13-11-20(28-24)17-6-5-12-25-15-17;1-11-7-5-3-2-4-6(7)8(9)10/h3-15H,1-2H3,(H,27,30)(H,26,28,29);2-5H,1H3. The van der Waals surface area contributed by atoms with Gasteiger partial charge in [0.2, 0.25) is 5.95 Å². The van der Waals surface area contributed by atoms with E-state index >= 15 is 0 Å². The van der Waals surface area contributed by atoms with Crippen molar-refractivity contribution < 1.29 is 19.1 Å². The first-order valence-electron chi connectivity index (χ1n) is 12.8. The first kappa shape index (κ1) is 29.7. The monoisotopic (exact) mass is 581 g/mol. The molecule has 3 aromatic carbocycles. The number of halogens is 1. The number of benzene rings is 3. The third-order valence-corrected chi connectivity index (χ3v) is 6.23. The molecule has 2 N–H and O–H groups in total. The Hall–Kier alpha value is -5.28. The highest BCUT2D eigenvalue weighted by Crippen LogP contribution is 2.26. The Kier molecular flexibility index (Phi) is 10.2. The fraction of sp³-hybridized carbons (Fsp3) is 0.0938. The number of anilines is 3. The van der Waals surface area contributed by atoms with Crippen molar-refractivity contribution in [3.63, 3.8) is 0 Å². The molecule has 0 bridgehead atoms. The van der Waals surface area contributed by atoms with Crippen LogP contribution < -0.4 is 20.1 Å². The predicted octanol–water partition coefficient (Wildman–Crippen LogP) is 6.93. The summed E-state index contributed by atoms with van der Waals surface area (Å²) in [5.41, 5.74) is 4.97. The highest BCUT2D eigenvalue weighted by atomic mass is 35.5. The lowest BCUT2D eigenvalue weighted by molar-refractivity contribution is 0.102. The van der Waals surface area contributed by atoms with E-state index in [1.54, 1.807) is 68.2 Å². The van der Waals surface area contributed by atoms with Crippen molar-refractivity contribution in [2.45, 2.75) is 6.92 Å².